The van der Waals surface area contributed by atoms with E-state index in [2.05, 4.69) is 55.0 Å². The van der Waals surface area contributed by atoms with Crippen LogP contribution >= 0.6 is 0 Å². The van der Waals surface area contributed by atoms with Gasteiger partial charge in [-0.15, -0.1) is 0 Å². The van der Waals surface area contributed by atoms with E-state index in [4.69, 9.17) is 4.03 Å². The Labute approximate surface area is 239 Å². The second kappa shape index (κ2) is 9.89. The molecule has 0 spiro atoms. The number of nitriles is 1. The highest BCUT2D eigenvalue weighted by atomic mass is 32.2. The molecule has 4 heterocycles. The highest BCUT2D eigenvalue weighted by molar-refractivity contribution is 7.92. The molecular formula is C28H42N8O2SSi. The van der Waals surface area contributed by atoms with Crippen LogP contribution in [0.15, 0.2) is 35.0 Å². The molecule has 0 bridgehead atoms. The first-order chi connectivity index (χ1) is 18.4. The standard InChI is InChI=1S/C28H42N8O2SSi/c1-20(2)39(38,33-40(9,10)27(6,7)8)34-17-28(18-34,12-13-29)36-16-21(15-32-36)23-22-11-14-35(24(22)31-19-30-23)25(37)26(3,4)5/h11,14-16,19-20H,12,17-18H2,1-10H3. The van der Waals surface area contributed by atoms with Crippen molar-refractivity contribution in [1.82, 2.24) is 28.6 Å². The predicted octanol–water partition coefficient (Wildman–Crippen LogP) is 5.70. The number of fused-ring (bicyclic) bond motifs is 1. The molecule has 1 saturated heterocycles. The summed E-state index contributed by atoms with van der Waals surface area (Å²) in [6.07, 6.45) is 7.04. The molecule has 0 N–H and O–H groups in total. The minimum Gasteiger partial charge on any atom is -0.273 e. The molecule has 0 aromatic carbocycles. The van der Waals surface area contributed by atoms with E-state index in [0.29, 0.717) is 24.4 Å². The molecule has 12 heteroatoms. The van der Waals surface area contributed by atoms with Gasteiger partial charge < -0.3 is 0 Å². The molecule has 1 atom stereocenters. The van der Waals surface area contributed by atoms with E-state index >= 15 is 0 Å². The van der Waals surface area contributed by atoms with Crippen molar-refractivity contribution >= 4 is 35.1 Å². The Morgan fingerprint density at radius 1 is 1.20 bits per heavy atom. The molecule has 1 aliphatic heterocycles. The lowest BCUT2D eigenvalue weighted by atomic mass is 9.89. The van der Waals surface area contributed by atoms with Crippen LogP contribution in [0.3, 0.4) is 0 Å². The summed E-state index contributed by atoms with van der Waals surface area (Å²) in [6, 6.07) is 4.17. The van der Waals surface area contributed by atoms with Crippen LogP contribution in [-0.4, -0.2) is 65.3 Å². The average Bonchev–Trinajstić information content (AvgIpc) is 3.46. The summed E-state index contributed by atoms with van der Waals surface area (Å²) in [5, 5.41) is 15.0. The minimum atomic E-state index is -2.66. The first-order valence-corrected chi connectivity index (χ1v) is 18.2. The summed E-state index contributed by atoms with van der Waals surface area (Å²) < 4.78 is 24.8. The van der Waals surface area contributed by atoms with Gasteiger partial charge in [-0.05, 0) is 38.0 Å². The maximum Gasteiger partial charge on any atom is 0.237 e. The summed E-state index contributed by atoms with van der Waals surface area (Å²) in [5.41, 5.74) is 0.794. The van der Waals surface area contributed by atoms with Crippen molar-refractivity contribution in [3.63, 3.8) is 0 Å². The van der Waals surface area contributed by atoms with Gasteiger partial charge in [0.15, 0.2) is 13.9 Å². The van der Waals surface area contributed by atoms with Crippen molar-refractivity contribution < 1.29 is 9.00 Å². The van der Waals surface area contributed by atoms with Crippen molar-refractivity contribution in [3.8, 4) is 17.3 Å². The van der Waals surface area contributed by atoms with Crippen LogP contribution in [-0.2, 0) is 15.5 Å². The Kier molecular flexibility index (Phi) is 7.44. The molecule has 3 aromatic rings. The molecule has 1 aliphatic rings. The van der Waals surface area contributed by atoms with E-state index in [-0.39, 0.29) is 22.6 Å². The maximum atomic E-state index is 14.4. The van der Waals surface area contributed by atoms with E-state index in [9.17, 15) is 14.3 Å². The van der Waals surface area contributed by atoms with Gasteiger partial charge in [-0.25, -0.2) is 18.5 Å². The van der Waals surface area contributed by atoms with Crippen LogP contribution in [0, 0.1) is 16.7 Å². The molecule has 0 radical (unpaired) electrons. The number of nitrogens with zero attached hydrogens (tertiary/aromatic N) is 8. The second-order valence-electron chi connectivity index (χ2n) is 13.7. The number of hydrogen-bond donors (Lipinski definition) is 0. The van der Waals surface area contributed by atoms with Gasteiger partial charge in [-0.1, -0.05) is 41.5 Å². The monoisotopic (exact) mass is 582 g/mol. The van der Waals surface area contributed by atoms with Crippen LogP contribution in [0.4, 0.5) is 0 Å². The van der Waals surface area contributed by atoms with Gasteiger partial charge in [0.05, 0.1) is 29.6 Å². The zero-order valence-electron chi connectivity index (χ0n) is 25.4. The maximum absolute atomic E-state index is 14.4. The predicted molar refractivity (Wildman–Crippen MR) is 162 cm³/mol. The number of hydrogen-bond acceptors (Lipinski definition) is 7. The second-order valence-corrected chi connectivity index (χ2v) is 21.6. The van der Waals surface area contributed by atoms with Gasteiger partial charge in [0, 0.05) is 41.8 Å². The molecule has 40 heavy (non-hydrogen) atoms. The Balaban J connectivity index is 1.70. The van der Waals surface area contributed by atoms with Crippen LogP contribution in [0.1, 0.15) is 66.6 Å². The third kappa shape index (κ3) is 5.03. The van der Waals surface area contributed by atoms with Gasteiger partial charge >= 0.3 is 0 Å². The lowest BCUT2D eigenvalue weighted by Crippen LogP contribution is -2.65. The zero-order chi connectivity index (χ0) is 29.9. The van der Waals surface area contributed by atoms with E-state index < -0.39 is 29.1 Å². The van der Waals surface area contributed by atoms with E-state index in [1.165, 1.54) is 6.33 Å². The fourth-order valence-electron chi connectivity index (χ4n) is 4.62. The highest BCUT2D eigenvalue weighted by Crippen LogP contribution is 2.42. The third-order valence-electron chi connectivity index (χ3n) is 8.21. The van der Waals surface area contributed by atoms with Crippen molar-refractivity contribution in [3.05, 3.63) is 31.0 Å². The van der Waals surface area contributed by atoms with Gasteiger partial charge in [-0.3, -0.25) is 18.1 Å². The number of rotatable bonds is 6. The smallest absolute Gasteiger partial charge is 0.237 e. The van der Waals surface area contributed by atoms with E-state index in [1.807, 2.05) is 55.9 Å². The molecule has 0 amide bonds. The first kappa shape index (κ1) is 30.1. The number of carbonyl (C=O) groups is 1. The Morgan fingerprint density at radius 2 is 1.85 bits per heavy atom. The van der Waals surface area contributed by atoms with E-state index in [0.717, 1.165) is 10.9 Å². The number of carbonyl (C=O) groups excluding carboxylic acids is 1. The fraction of sp³-hybridized carbons (Fsp3) is 0.607. The minimum absolute atomic E-state index is 0.0324. The summed E-state index contributed by atoms with van der Waals surface area (Å²) in [7, 11) is -4.86. The van der Waals surface area contributed by atoms with Crippen molar-refractivity contribution in [2.24, 2.45) is 9.44 Å². The third-order valence-corrected chi connectivity index (χ3v) is 17.0. The Morgan fingerprint density at radius 3 is 2.40 bits per heavy atom. The van der Waals surface area contributed by atoms with Crippen LogP contribution in [0.5, 0.6) is 0 Å². The van der Waals surface area contributed by atoms with Crippen molar-refractivity contribution in [1.29, 1.82) is 5.26 Å². The molecule has 1 unspecified atom stereocenters. The molecule has 216 valence electrons. The summed E-state index contributed by atoms with van der Waals surface area (Å²) in [6.45, 7) is 21.2. The Bertz CT molecular complexity index is 1600. The number of aromatic nitrogens is 5. The first-order valence-electron chi connectivity index (χ1n) is 13.7. The van der Waals surface area contributed by atoms with Crippen LogP contribution in [0.25, 0.3) is 22.3 Å². The molecule has 3 aromatic heterocycles. The lowest BCUT2D eigenvalue weighted by Gasteiger charge is -2.51. The highest BCUT2D eigenvalue weighted by Gasteiger charge is 2.51. The molecule has 0 saturated carbocycles. The molecule has 1 fully saturated rings. The van der Waals surface area contributed by atoms with Crippen LogP contribution < -0.4 is 0 Å². The molecular weight excluding hydrogens is 541 g/mol. The molecule has 4 rings (SSSR count). The van der Waals surface area contributed by atoms with E-state index in [1.54, 1.807) is 17.0 Å². The topological polar surface area (TPSA) is 122 Å². The van der Waals surface area contributed by atoms with Crippen molar-refractivity contribution in [2.75, 3.05) is 13.1 Å². The summed E-state index contributed by atoms with van der Waals surface area (Å²) >= 11 is 0. The van der Waals surface area contributed by atoms with Gasteiger partial charge in [0.2, 0.25) is 5.91 Å². The van der Waals surface area contributed by atoms with Crippen LogP contribution in [0.2, 0.25) is 18.1 Å². The normalized spacial score (nSPS) is 17.9. The molecule has 10 nitrogen and oxygen atoms in total. The average molecular weight is 583 g/mol. The zero-order valence-corrected chi connectivity index (χ0v) is 27.2. The van der Waals surface area contributed by atoms with Gasteiger partial charge in [-0.2, -0.15) is 10.4 Å². The lowest BCUT2D eigenvalue weighted by molar-refractivity contribution is 0.0744. The van der Waals surface area contributed by atoms with Gasteiger partial charge in [0.25, 0.3) is 0 Å². The fourth-order valence-corrected chi connectivity index (χ4v) is 11.1. The Hall–Kier alpha value is -2.88. The largest absolute Gasteiger partial charge is 0.273 e. The van der Waals surface area contributed by atoms with Gasteiger partial charge in [0.1, 0.15) is 21.8 Å². The molecule has 0 aliphatic carbocycles. The summed E-state index contributed by atoms with van der Waals surface area (Å²) in [5.74, 6) is -0.0535. The SMILES string of the molecule is CC(C)S(=O)(=N[Si](C)(C)C(C)(C)C)N1CC(CC#N)(n2cc(-c3ncnc4c3ccn4C(=O)C(C)(C)C)cn2)C1. The van der Waals surface area contributed by atoms with Crippen molar-refractivity contribution in [2.45, 2.75) is 90.7 Å². The summed E-state index contributed by atoms with van der Waals surface area (Å²) in [4.78, 5) is 21.9. The quantitative estimate of drug-likeness (QED) is 0.344.